The van der Waals surface area contributed by atoms with E-state index in [9.17, 15) is 9.59 Å². The highest BCUT2D eigenvalue weighted by atomic mass is 32.2. The molecule has 0 bridgehead atoms. The fraction of sp³-hybridized carbons (Fsp3) is 0.348. The Morgan fingerprint density at radius 1 is 1.13 bits per heavy atom. The van der Waals surface area contributed by atoms with Crippen molar-refractivity contribution in [3.8, 4) is 5.75 Å². The molecular formula is C23H27N3O3S. The minimum Gasteiger partial charge on any atom is -0.494 e. The van der Waals surface area contributed by atoms with Gasteiger partial charge in [-0.15, -0.1) is 0 Å². The van der Waals surface area contributed by atoms with Crippen molar-refractivity contribution < 1.29 is 9.53 Å². The monoisotopic (exact) mass is 425 g/mol. The van der Waals surface area contributed by atoms with E-state index in [0.29, 0.717) is 28.4 Å². The van der Waals surface area contributed by atoms with Crippen molar-refractivity contribution in [3.05, 3.63) is 58.9 Å². The summed E-state index contributed by atoms with van der Waals surface area (Å²) in [6, 6.07) is 14.6. The molecule has 7 heteroatoms. The van der Waals surface area contributed by atoms with Gasteiger partial charge < -0.3 is 10.1 Å². The number of thioether (sulfide) groups is 1. The predicted octanol–water partition coefficient (Wildman–Crippen LogP) is 4.89. The topological polar surface area (TPSA) is 73.2 Å². The van der Waals surface area contributed by atoms with Gasteiger partial charge in [-0.25, -0.2) is 4.98 Å². The van der Waals surface area contributed by atoms with E-state index < -0.39 is 5.25 Å². The molecule has 0 radical (unpaired) electrons. The van der Waals surface area contributed by atoms with Gasteiger partial charge in [0.25, 0.3) is 5.56 Å². The van der Waals surface area contributed by atoms with Crippen LogP contribution in [0, 0.1) is 0 Å². The van der Waals surface area contributed by atoms with Crippen molar-refractivity contribution in [2.45, 2.75) is 50.6 Å². The van der Waals surface area contributed by atoms with Crippen LogP contribution in [0.25, 0.3) is 10.9 Å². The van der Waals surface area contributed by atoms with E-state index in [4.69, 9.17) is 9.72 Å². The zero-order valence-electron chi connectivity index (χ0n) is 17.7. The Hall–Kier alpha value is -2.80. The first-order valence-electron chi connectivity index (χ1n) is 10.2. The van der Waals surface area contributed by atoms with Crippen molar-refractivity contribution in [3.63, 3.8) is 0 Å². The molecule has 3 rings (SSSR count). The number of carbonyl (C=O) groups excluding carboxylic acids is 1. The third kappa shape index (κ3) is 4.84. The van der Waals surface area contributed by atoms with E-state index in [1.54, 1.807) is 10.6 Å². The average molecular weight is 426 g/mol. The SMILES string of the molecule is CCOc1ccc(NC(=O)[C@@H](C)Sc2nc3ccccc3c(=O)n2[C@@H](C)CC)cc1. The number of anilines is 1. The zero-order chi connectivity index (χ0) is 21.7. The Morgan fingerprint density at radius 3 is 2.50 bits per heavy atom. The largest absolute Gasteiger partial charge is 0.494 e. The standard InChI is InChI=1S/C23H27N3O3S/c1-5-15(3)26-22(28)19-9-7-8-10-20(19)25-23(26)30-16(4)21(27)24-17-11-13-18(14-12-17)29-6-2/h7-16H,5-6H2,1-4H3,(H,24,27)/t15-,16+/m0/s1. The number of hydrogen-bond acceptors (Lipinski definition) is 5. The molecule has 0 fully saturated rings. The summed E-state index contributed by atoms with van der Waals surface area (Å²) in [4.78, 5) is 30.5. The summed E-state index contributed by atoms with van der Waals surface area (Å²) in [7, 11) is 0. The molecule has 0 aliphatic rings. The summed E-state index contributed by atoms with van der Waals surface area (Å²) < 4.78 is 7.13. The van der Waals surface area contributed by atoms with Crippen molar-refractivity contribution in [1.82, 2.24) is 9.55 Å². The van der Waals surface area contributed by atoms with Crippen LogP contribution in [0.4, 0.5) is 5.69 Å². The van der Waals surface area contributed by atoms with Gasteiger partial charge in [-0.3, -0.25) is 14.2 Å². The van der Waals surface area contributed by atoms with Crippen LogP contribution in [-0.4, -0.2) is 27.3 Å². The van der Waals surface area contributed by atoms with Gasteiger partial charge in [-0.1, -0.05) is 30.8 Å². The Kier molecular flexibility index (Phi) is 7.15. The number of amides is 1. The van der Waals surface area contributed by atoms with E-state index in [2.05, 4.69) is 5.32 Å². The first-order chi connectivity index (χ1) is 14.4. The van der Waals surface area contributed by atoms with Crippen LogP contribution < -0.4 is 15.6 Å². The third-order valence-corrected chi connectivity index (χ3v) is 5.96. The lowest BCUT2D eigenvalue weighted by atomic mass is 10.2. The second-order valence-electron chi connectivity index (χ2n) is 7.05. The van der Waals surface area contributed by atoms with Crippen LogP contribution in [0.2, 0.25) is 0 Å². The van der Waals surface area contributed by atoms with Gasteiger partial charge in [0, 0.05) is 11.7 Å². The number of aromatic nitrogens is 2. The van der Waals surface area contributed by atoms with Gasteiger partial charge in [-0.2, -0.15) is 0 Å². The fourth-order valence-electron chi connectivity index (χ4n) is 3.04. The van der Waals surface area contributed by atoms with Crippen LogP contribution in [0.1, 0.15) is 40.2 Å². The smallest absolute Gasteiger partial charge is 0.262 e. The van der Waals surface area contributed by atoms with Gasteiger partial charge in [-0.05, 0) is 63.6 Å². The van der Waals surface area contributed by atoms with Gasteiger partial charge in [0.05, 0.1) is 22.8 Å². The Balaban J connectivity index is 1.83. The molecule has 1 heterocycles. The van der Waals surface area contributed by atoms with E-state index in [1.165, 1.54) is 11.8 Å². The van der Waals surface area contributed by atoms with Crippen LogP contribution in [0.3, 0.4) is 0 Å². The first-order valence-corrected chi connectivity index (χ1v) is 11.0. The van der Waals surface area contributed by atoms with Gasteiger partial charge in [0.1, 0.15) is 5.75 Å². The van der Waals surface area contributed by atoms with Gasteiger partial charge in [0.2, 0.25) is 5.91 Å². The number of nitrogens with one attached hydrogen (secondary N) is 1. The molecule has 0 saturated heterocycles. The van der Waals surface area contributed by atoms with Crippen molar-refractivity contribution in [1.29, 1.82) is 0 Å². The zero-order valence-corrected chi connectivity index (χ0v) is 18.5. The third-order valence-electron chi connectivity index (χ3n) is 4.89. The molecule has 158 valence electrons. The second kappa shape index (κ2) is 9.80. The summed E-state index contributed by atoms with van der Waals surface area (Å²) >= 11 is 1.30. The normalized spacial score (nSPS) is 13.1. The van der Waals surface area contributed by atoms with Crippen molar-refractivity contribution in [2.75, 3.05) is 11.9 Å². The number of nitrogens with zero attached hydrogens (tertiary/aromatic N) is 2. The van der Waals surface area contributed by atoms with Crippen molar-refractivity contribution in [2.24, 2.45) is 0 Å². The summed E-state index contributed by atoms with van der Waals surface area (Å²) in [5, 5.41) is 3.63. The molecule has 0 aliphatic heterocycles. The highest BCUT2D eigenvalue weighted by Gasteiger charge is 2.21. The molecule has 1 aromatic heterocycles. The number of para-hydroxylation sites is 1. The van der Waals surface area contributed by atoms with Gasteiger partial charge >= 0.3 is 0 Å². The molecule has 0 spiro atoms. The Bertz CT molecular complexity index is 1080. The summed E-state index contributed by atoms with van der Waals surface area (Å²) in [5.74, 6) is 0.609. The Morgan fingerprint density at radius 2 is 1.83 bits per heavy atom. The predicted molar refractivity (Wildman–Crippen MR) is 123 cm³/mol. The number of benzene rings is 2. The molecule has 0 unspecified atom stereocenters. The molecule has 1 N–H and O–H groups in total. The fourth-order valence-corrected chi connectivity index (χ4v) is 4.05. The summed E-state index contributed by atoms with van der Waals surface area (Å²) in [6.45, 7) is 8.36. The van der Waals surface area contributed by atoms with Crippen LogP contribution in [0.15, 0.2) is 58.5 Å². The quantitative estimate of drug-likeness (QED) is 0.411. The van der Waals surface area contributed by atoms with Crippen LogP contribution in [0.5, 0.6) is 5.75 Å². The van der Waals surface area contributed by atoms with E-state index in [0.717, 1.165) is 12.2 Å². The molecule has 1 amide bonds. The first kappa shape index (κ1) is 21.9. The lowest BCUT2D eigenvalue weighted by Crippen LogP contribution is -2.28. The number of hydrogen-bond donors (Lipinski definition) is 1. The molecule has 2 aromatic carbocycles. The lowest BCUT2D eigenvalue weighted by Gasteiger charge is -2.20. The number of ether oxygens (including phenoxy) is 1. The maximum atomic E-state index is 13.1. The average Bonchev–Trinajstić information content (AvgIpc) is 2.75. The lowest BCUT2D eigenvalue weighted by molar-refractivity contribution is -0.115. The second-order valence-corrected chi connectivity index (χ2v) is 8.36. The molecule has 2 atom stereocenters. The van der Waals surface area contributed by atoms with Crippen LogP contribution in [-0.2, 0) is 4.79 Å². The van der Waals surface area contributed by atoms with E-state index >= 15 is 0 Å². The number of rotatable bonds is 8. The molecule has 0 aliphatic carbocycles. The van der Waals surface area contributed by atoms with E-state index in [1.807, 2.05) is 70.2 Å². The number of fused-ring (bicyclic) bond motifs is 1. The molecule has 0 saturated carbocycles. The Labute approximate surface area is 180 Å². The van der Waals surface area contributed by atoms with Gasteiger partial charge in [0.15, 0.2) is 5.16 Å². The highest BCUT2D eigenvalue weighted by molar-refractivity contribution is 8.00. The molecule has 30 heavy (non-hydrogen) atoms. The highest BCUT2D eigenvalue weighted by Crippen LogP contribution is 2.27. The maximum absolute atomic E-state index is 13.1. The summed E-state index contributed by atoms with van der Waals surface area (Å²) in [6.07, 6.45) is 0.792. The van der Waals surface area contributed by atoms with Crippen LogP contribution >= 0.6 is 11.8 Å². The molecular weight excluding hydrogens is 398 g/mol. The maximum Gasteiger partial charge on any atom is 0.262 e. The van der Waals surface area contributed by atoms with E-state index in [-0.39, 0.29) is 17.5 Å². The number of carbonyl (C=O) groups is 1. The molecule has 6 nitrogen and oxygen atoms in total. The minimum atomic E-state index is -0.431. The molecule has 3 aromatic rings. The van der Waals surface area contributed by atoms with Crippen molar-refractivity contribution >= 4 is 34.3 Å². The summed E-state index contributed by atoms with van der Waals surface area (Å²) in [5.41, 5.74) is 1.27. The minimum absolute atomic E-state index is 0.0153.